The van der Waals surface area contributed by atoms with Crippen molar-refractivity contribution in [3.8, 4) is 5.75 Å². The number of methoxy groups -OCH3 is 1. The second-order valence-corrected chi connectivity index (χ2v) is 11.2. The summed E-state index contributed by atoms with van der Waals surface area (Å²) >= 11 is 1.50. The van der Waals surface area contributed by atoms with Gasteiger partial charge in [-0.2, -0.15) is 10.1 Å². The van der Waals surface area contributed by atoms with E-state index in [9.17, 15) is 13.2 Å². The first-order chi connectivity index (χ1) is 17.4. The summed E-state index contributed by atoms with van der Waals surface area (Å²) in [6.07, 6.45) is 1.59. The number of rotatable bonds is 8. The Balaban J connectivity index is 1.36. The predicted molar refractivity (Wildman–Crippen MR) is 139 cm³/mol. The minimum atomic E-state index is -3.88. The molecule has 0 aliphatic carbocycles. The molecule has 36 heavy (non-hydrogen) atoms. The minimum absolute atomic E-state index is 0.0256. The van der Waals surface area contributed by atoms with Crippen LogP contribution in [0, 0.1) is 0 Å². The average Bonchev–Trinajstić information content (AvgIpc) is 3.64. The van der Waals surface area contributed by atoms with Gasteiger partial charge in [0.25, 0.3) is 10.0 Å². The van der Waals surface area contributed by atoms with Gasteiger partial charge >= 0.3 is 0 Å². The fraction of sp³-hybridized carbons (Fsp3) is 0.217. The molecule has 0 fully saturated rings. The molecule has 13 heteroatoms. The molecule has 1 unspecified atom stereocenters. The average molecular weight is 526 g/mol. The molecule has 0 saturated heterocycles. The van der Waals surface area contributed by atoms with Crippen molar-refractivity contribution in [1.82, 2.24) is 20.2 Å². The summed E-state index contributed by atoms with van der Waals surface area (Å²) in [4.78, 5) is 24.2. The fourth-order valence-electron chi connectivity index (χ4n) is 3.95. The van der Waals surface area contributed by atoms with Crippen molar-refractivity contribution in [3.63, 3.8) is 0 Å². The van der Waals surface area contributed by atoms with Crippen LogP contribution in [0.2, 0.25) is 0 Å². The molecule has 186 valence electrons. The number of aromatic amines is 2. The van der Waals surface area contributed by atoms with Crippen molar-refractivity contribution in [3.05, 3.63) is 60.6 Å². The van der Waals surface area contributed by atoms with E-state index < -0.39 is 10.0 Å². The Morgan fingerprint density at radius 3 is 2.86 bits per heavy atom. The zero-order valence-corrected chi connectivity index (χ0v) is 21.1. The molecular weight excluding hydrogens is 502 g/mol. The number of sulfonamides is 1. The van der Waals surface area contributed by atoms with Crippen LogP contribution in [0.15, 0.2) is 64.7 Å². The summed E-state index contributed by atoms with van der Waals surface area (Å²) in [6, 6.07) is 13.9. The molecule has 5 rings (SSSR count). The van der Waals surface area contributed by atoms with Gasteiger partial charge < -0.3 is 9.72 Å². The number of aromatic nitrogens is 4. The molecule has 3 heterocycles. The molecule has 1 atom stereocenters. The van der Waals surface area contributed by atoms with E-state index in [0.29, 0.717) is 23.7 Å². The highest BCUT2D eigenvalue weighted by atomic mass is 32.2. The Kier molecular flexibility index (Phi) is 6.41. The van der Waals surface area contributed by atoms with Crippen molar-refractivity contribution < 1.29 is 17.9 Å². The summed E-state index contributed by atoms with van der Waals surface area (Å²) in [5.41, 5.74) is 1.93. The van der Waals surface area contributed by atoms with Gasteiger partial charge in [-0.05, 0) is 24.3 Å². The number of benzene rings is 2. The van der Waals surface area contributed by atoms with Crippen LogP contribution in [0.25, 0.3) is 10.9 Å². The number of fused-ring (bicyclic) bond motifs is 1. The number of amides is 1. The van der Waals surface area contributed by atoms with E-state index in [-0.39, 0.29) is 28.2 Å². The minimum Gasteiger partial charge on any atom is -0.495 e. The zero-order chi connectivity index (χ0) is 25.3. The molecule has 1 aliphatic rings. The lowest BCUT2D eigenvalue weighted by atomic mass is 10.2. The largest absolute Gasteiger partial charge is 0.495 e. The lowest BCUT2D eigenvalue weighted by Gasteiger charge is -2.21. The van der Waals surface area contributed by atoms with Crippen LogP contribution in [-0.4, -0.2) is 65.5 Å². The molecule has 2 aromatic carbocycles. The third-order valence-electron chi connectivity index (χ3n) is 5.71. The Morgan fingerprint density at radius 2 is 2.08 bits per heavy atom. The molecule has 1 amide bonds. The number of hydrogen-bond acceptors (Lipinski definition) is 8. The number of carbonyl (C=O) groups excluding carboxylic acids is 1. The van der Waals surface area contributed by atoms with E-state index >= 15 is 0 Å². The number of nitrogens with zero attached hydrogens (tertiary/aromatic N) is 4. The van der Waals surface area contributed by atoms with Crippen LogP contribution in [-0.2, 0) is 14.8 Å². The quantitative estimate of drug-likeness (QED) is 0.321. The maximum absolute atomic E-state index is 13.4. The maximum Gasteiger partial charge on any atom is 0.267 e. The first kappa shape index (κ1) is 23.9. The van der Waals surface area contributed by atoms with Crippen LogP contribution in [0.1, 0.15) is 12.1 Å². The number of thioether (sulfide) groups is 1. The molecule has 0 spiro atoms. The van der Waals surface area contributed by atoms with Gasteiger partial charge in [-0.25, -0.2) is 13.5 Å². The van der Waals surface area contributed by atoms with Gasteiger partial charge in [-0.1, -0.05) is 36.0 Å². The molecule has 2 aromatic heterocycles. The molecule has 0 bridgehead atoms. The van der Waals surface area contributed by atoms with E-state index in [1.54, 1.807) is 24.3 Å². The summed E-state index contributed by atoms with van der Waals surface area (Å²) in [5, 5.41) is 10.6. The number of H-pyrrole nitrogens is 2. The molecular formula is C23H23N7O4S2. The van der Waals surface area contributed by atoms with E-state index in [2.05, 4.69) is 30.5 Å². The van der Waals surface area contributed by atoms with E-state index in [1.807, 2.05) is 18.2 Å². The number of carbonyl (C=O) groups is 1. The second-order valence-electron chi connectivity index (χ2n) is 8.02. The predicted octanol–water partition coefficient (Wildman–Crippen LogP) is 3.01. The highest BCUT2D eigenvalue weighted by Gasteiger charge is 2.28. The van der Waals surface area contributed by atoms with Crippen molar-refractivity contribution in [2.75, 3.05) is 30.3 Å². The highest BCUT2D eigenvalue weighted by molar-refractivity contribution is 8.15. The summed E-state index contributed by atoms with van der Waals surface area (Å²) < 4.78 is 33.4. The maximum atomic E-state index is 13.4. The van der Waals surface area contributed by atoms with Crippen LogP contribution in [0.4, 0.5) is 11.6 Å². The Labute approximate surface area is 211 Å². The van der Waals surface area contributed by atoms with Gasteiger partial charge in [-0.15, -0.1) is 0 Å². The molecule has 11 nitrogen and oxygen atoms in total. The van der Waals surface area contributed by atoms with E-state index in [4.69, 9.17) is 4.74 Å². The first-order valence-corrected chi connectivity index (χ1v) is 13.3. The zero-order valence-electron chi connectivity index (χ0n) is 19.4. The van der Waals surface area contributed by atoms with Crippen LogP contribution in [0.5, 0.6) is 5.75 Å². The summed E-state index contributed by atoms with van der Waals surface area (Å²) in [5.74, 6) is 0.404. The fourth-order valence-corrected chi connectivity index (χ4v) is 6.40. The van der Waals surface area contributed by atoms with Crippen molar-refractivity contribution in [1.29, 1.82) is 0 Å². The van der Waals surface area contributed by atoms with Gasteiger partial charge in [0.05, 0.1) is 30.6 Å². The Morgan fingerprint density at radius 1 is 1.25 bits per heavy atom. The monoisotopic (exact) mass is 525 g/mol. The Bertz CT molecular complexity index is 1550. The smallest absolute Gasteiger partial charge is 0.267 e. The normalized spacial score (nSPS) is 15.6. The van der Waals surface area contributed by atoms with Crippen LogP contribution < -0.4 is 14.4 Å². The lowest BCUT2D eigenvalue weighted by Crippen LogP contribution is -2.27. The standard InChI is InChI=1S/C23H23N7O4S2/c1-30(36(32,33)19-9-4-3-8-18(19)34-2)17-7-5-6-14-10-16(27-21(14)17)22-24-12-15(35-22)11-20(31)28-23-25-13-26-29-23/h3-10,13,15,27H,11-12H2,1-2H3,(H2,25,26,28,29,31). The van der Waals surface area contributed by atoms with E-state index in [0.717, 1.165) is 16.1 Å². The van der Waals surface area contributed by atoms with Crippen molar-refractivity contribution in [2.45, 2.75) is 16.6 Å². The number of aliphatic imine (C=N–C) groups is 1. The molecule has 0 saturated carbocycles. The lowest BCUT2D eigenvalue weighted by molar-refractivity contribution is -0.116. The first-order valence-electron chi connectivity index (χ1n) is 11.0. The topological polar surface area (TPSA) is 145 Å². The summed E-state index contributed by atoms with van der Waals surface area (Å²) in [7, 11) is -0.926. The summed E-state index contributed by atoms with van der Waals surface area (Å²) in [6.45, 7) is 0.494. The number of hydrogen-bond donors (Lipinski definition) is 3. The molecule has 0 radical (unpaired) electrons. The SMILES string of the molecule is COc1ccccc1S(=O)(=O)N(C)c1cccc2cc(C3=NCC(CC(=O)Nc4ncn[nH]4)S3)[nH]c12. The number of nitrogens with one attached hydrogen (secondary N) is 3. The number of anilines is 2. The molecule has 3 N–H and O–H groups in total. The number of ether oxygens (including phenoxy) is 1. The Hall–Kier alpha value is -3.84. The molecule has 4 aromatic rings. The highest BCUT2D eigenvalue weighted by Crippen LogP contribution is 2.35. The van der Waals surface area contributed by atoms with Crippen molar-refractivity contribution >= 4 is 55.3 Å². The van der Waals surface area contributed by atoms with Gasteiger partial charge in [0.1, 0.15) is 22.0 Å². The van der Waals surface area contributed by atoms with Crippen LogP contribution in [0.3, 0.4) is 0 Å². The van der Waals surface area contributed by atoms with Gasteiger partial charge in [0, 0.05) is 24.1 Å². The third-order valence-corrected chi connectivity index (χ3v) is 8.75. The molecule has 1 aliphatic heterocycles. The number of para-hydroxylation sites is 2. The van der Waals surface area contributed by atoms with E-state index in [1.165, 1.54) is 42.6 Å². The van der Waals surface area contributed by atoms with Gasteiger partial charge in [-0.3, -0.25) is 19.4 Å². The van der Waals surface area contributed by atoms with Crippen molar-refractivity contribution in [2.24, 2.45) is 4.99 Å². The van der Waals surface area contributed by atoms with Gasteiger partial charge in [0.15, 0.2) is 0 Å². The van der Waals surface area contributed by atoms with Gasteiger partial charge in [0.2, 0.25) is 11.9 Å². The van der Waals surface area contributed by atoms with Crippen LogP contribution >= 0.6 is 11.8 Å². The second kappa shape index (κ2) is 9.66. The third kappa shape index (κ3) is 4.54.